The minimum Gasteiger partial charge on any atom is -0.383 e. The number of thiazole rings is 1. The summed E-state index contributed by atoms with van der Waals surface area (Å²) in [5, 5.41) is 18.8. The number of carbonyl (C=O) groups is 1. The zero-order valence-electron chi connectivity index (χ0n) is 19.6. The summed E-state index contributed by atoms with van der Waals surface area (Å²) >= 11 is 1.44. The van der Waals surface area contributed by atoms with E-state index in [4.69, 9.17) is 0 Å². The van der Waals surface area contributed by atoms with E-state index >= 15 is 0 Å². The molecule has 1 saturated carbocycles. The Hall–Kier alpha value is -2.64. The lowest BCUT2D eigenvalue weighted by Gasteiger charge is -2.48. The molecule has 0 radical (unpaired) electrons. The van der Waals surface area contributed by atoms with Gasteiger partial charge in [-0.2, -0.15) is 26.3 Å². The number of halogens is 6. The number of likely N-dealkylation sites (tertiary alicyclic amines) is 1. The van der Waals surface area contributed by atoms with Crippen LogP contribution in [0.15, 0.2) is 42.1 Å². The number of aliphatic hydroxyl groups is 1. The smallest absolute Gasteiger partial charge is 0.383 e. The first-order valence-corrected chi connectivity index (χ1v) is 12.5. The summed E-state index contributed by atoms with van der Waals surface area (Å²) in [6.45, 7) is 4.91. The minimum absolute atomic E-state index is 0.0171. The molecule has 1 aliphatic heterocycles. The van der Waals surface area contributed by atoms with Gasteiger partial charge in [0, 0.05) is 36.4 Å². The topological polar surface area (TPSA) is 77.5 Å². The number of nitrogens with one attached hydrogen (secondary N) is 2. The average molecular weight is 549 g/mol. The number of hydrogen-bond acceptors (Lipinski definition) is 6. The van der Waals surface area contributed by atoms with E-state index in [0.717, 1.165) is 17.8 Å². The molecule has 4 rings (SSSR count). The molecule has 0 bridgehead atoms. The molecule has 37 heavy (non-hydrogen) atoms. The third-order valence-corrected chi connectivity index (χ3v) is 7.77. The molecule has 1 aliphatic carbocycles. The van der Waals surface area contributed by atoms with Crippen LogP contribution in [0.4, 0.5) is 26.3 Å². The molecule has 2 aromatic rings. The average Bonchev–Trinajstić information content (AvgIpc) is 3.35. The fraction of sp³-hybridized carbons (Fsp3) is 0.500. The summed E-state index contributed by atoms with van der Waals surface area (Å²) in [5.74, 6) is -1.27. The summed E-state index contributed by atoms with van der Waals surface area (Å²) in [6.07, 6.45) is -5.33. The lowest BCUT2D eigenvalue weighted by atomic mass is 9.81. The molecular weight excluding hydrogens is 522 g/mol. The van der Waals surface area contributed by atoms with E-state index in [1.54, 1.807) is 6.20 Å². The zero-order chi connectivity index (χ0) is 27.0. The Labute approximate surface area is 213 Å². The van der Waals surface area contributed by atoms with Crippen molar-refractivity contribution in [1.29, 1.82) is 0 Å². The number of amides is 1. The standard InChI is InChI=1S/C24H26F6N4O2S/c1-14(11-32-20(35)18-10-15(23(25,26)27)2-3-19(18)24(28,29)30)33-16-12-34(13-16)17-4-6-22(36,7-5-17)21-31-8-9-37-21/h2-3,8-10,16-17,33,36H,1,4-7,11-13H2,(H,32,35)/t17-,22-. The van der Waals surface area contributed by atoms with Crippen LogP contribution in [0.3, 0.4) is 0 Å². The molecule has 1 amide bonds. The molecule has 6 nitrogen and oxygen atoms in total. The summed E-state index contributed by atoms with van der Waals surface area (Å²) in [5.41, 5.74) is -4.43. The molecule has 2 aliphatic rings. The number of hydrogen-bond donors (Lipinski definition) is 3. The van der Waals surface area contributed by atoms with Crippen molar-refractivity contribution in [3.05, 3.63) is 63.7 Å². The van der Waals surface area contributed by atoms with E-state index in [-0.39, 0.29) is 24.7 Å². The van der Waals surface area contributed by atoms with E-state index in [1.807, 2.05) is 5.38 Å². The van der Waals surface area contributed by atoms with Gasteiger partial charge in [0.05, 0.1) is 29.3 Å². The van der Waals surface area contributed by atoms with Crippen LogP contribution in [-0.4, -0.2) is 52.6 Å². The van der Waals surface area contributed by atoms with Gasteiger partial charge in [0.2, 0.25) is 0 Å². The monoisotopic (exact) mass is 548 g/mol. The first-order chi connectivity index (χ1) is 17.3. The molecule has 1 saturated heterocycles. The second kappa shape index (κ2) is 10.3. The number of nitrogens with zero attached hydrogens (tertiary/aromatic N) is 2. The predicted molar refractivity (Wildman–Crippen MR) is 125 cm³/mol. The predicted octanol–water partition coefficient (Wildman–Crippen LogP) is 4.53. The van der Waals surface area contributed by atoms with Crippen molar-refractivity contribution in [2.75, 3.05) is 19.6 Å². The van der Waals surface area contributed by atoms with Gasteiger partial charge in [-0.1, -0.05) is 6.58 Å². The van der Waals surface area contributed by atoms with Crippen LogP contribution in [0, 0.1) is 0 Å². The van der Waals surface area contributed by atoms with Crippen molar-refractivity contribution in [3.63, 3.8) is 0 Å². The Morgan fingerprint density at radius 3 is 2.41 bits per heavy atom. The highest BCUT2D eigenvalue weighted by Crippen LogP contribution is 2.40. The summed E-state index contributed by atoms with van der Waals surface area (Å²) < 4.78 is 78.7. The second-order valence-corrected chi connectivity index (χ2v) is 10.3. The highest BCUT2D eigenvalue weighted by Gasteiger charge is 2.42. The van der Waals surface area contributed by atoms with Crippen molar-refractivity contribution in [2.45, 2.75) is 55.7 Å². The molecule has 1 aromatic carbocycles. The van der Waals surface area contributed by atoms with Gasteiger partial charge in [-0.3, -0.25) is 9.69 Å². The molecule has 1 aromatic heterocycles. The molecule has 202 valence electrons. The van der Waals surface area contributed by atoms with Crippen molar-refractivity contribution < 1.29 is 36.2 Å². The van der Waals surface area contributed by atoms with E-state index < -0.39 is 40.6 Å². The largest absolute Gasteiger partial charge is 0.417 e. The van der Waals surface area contributed by atoms with Gasteiger partial charge in [-0.15, -0.1) is 11.3 Å². The lowest BCUT2D eigenvalue weighted by molar-refractivity contribution is -0.141. The Bertz CT molecular complexity index is 1120. The second-order valence-electron chi connectivity index (χ2n) is 9.44. The molecule has 2 heterocycles. The van der Waals surface area contributed by atoms with Crippen LogP contribution < -0.4 is 10.6 Å². The number of aromatic nitrogens is 1. The van der Waals surface area contributed by atoms with E-state index in [0.29, 0.717) is 43.7 Å². The molecule has 0 unspecified atom stereocenters. The van der Waals surface area contributed by atoms with Gasteiger partial charge < -0.3 is 15.7 Å². The lowest BCUT2D eigenvalue weighted by Crippen LogP contribution is -2.62. The number of benzene rings is 1. The highest BCUT2D eigenvalue weighted by atomic mass is 32.1. The van der Waals surface area contributed by atoms with Crippen LogP contribution in [0.2, 0.25) is 0 Å². The maximum Gasteiger partial charge on any atom is 0.417 e. The van der Waals surface area contributed by atoms with Gasteiger partial charge >= 0.3 is 12.4 Å². The van der Waals surface area contributed by atoms with Gasteiger partial charge in [-0.25, -0.2) is 4.98 Å². The zero-order valence-corrected chi connectivity index (χ0v) is 20.4. The molecular formula is C24H26F6N4O2S. The molecule has 13 heteroatoms. The van der Waals surface area contributed by atoms with Crippen LogP contribution in [0.1, 0.15) is 52.2 Å². The fourth-order valence-corrected chi connectivity index (χ4v) is 5.59. The maximum absolute atomic E-state index is 13.3. The Balaban J connectivity index is 1.25. The quantitative estimate of drug-likeness (QED) is 0.444. The third-order valence-electron chi connectivity index (χ3n) is 6.81. The van der Waals surface area contributed by atoms with Gasteiger partial charge in [-0.05, 0) is 43.9 Å². The summed E-state index contributed by atoms with van der Waals surface area (Å²) in [6, 6.07) is 1.10. The van der Waals surface area contributed by atoms with Crippen molar-refractivity contribution in [2.24, 2.45) is 0 Å². The minimum atomic E-state index is -4.99. The molecule has 0 spiro atoms. The summed E-state index contributed by atoms with van der Waals surface area (Å²) in [7, 11) is 0. The summed E-state index contributed by atoms with van der Waals surface area (Å²) in [4.78, 5) is 18.9. The van der Waals surface area contributed by atoms with Crippen LogP contribution in [-0.2, 0) is 18.0 Å². The molecule has 3 N–H and O–H groups in total. The van der Waals surface area contributed by atoms with Crippen molar-refractivity contribution in [3.8, 4) is 0 Å². The number of rotatable bonds is 7. The Morgan fingerprint density at radius 1 is 1.16 bits per heavy atom. The van der Waals surface area contributed by atoms with Crippen LogP contribution >= 0.6 is 11.3 Å². The van der Waals surface area contributed by atoms with E-state index in [1.165, 1.54) is 11.3 Å². The van der Waals surface area contributed by atoms with E-state index in [2.05, 4.69) is 27.1 Å². The fourth-order valence-electron chi connectivity index (χ4n) is 4.79. The number of alkyl halides is 6. The van der Waals surface area contributed by atoms with Crippen LogP contribution in [0.5, 0.6) is 0 Å². The van der Waals surface area contributed by atoms with Gasteiger partial charge in [0.25, 0.3) is 5.91 Å². The number of carbonyl (C=O) groups excluding carboxylic acids is 1. The Kier molecular flexibility index (Phi) is 7.59. The SMILES string of the molecule is C=C(CNC(=O)c1cc(C(F)(F)F)ccc1C(F)(F)F)NC1CN([C@H]2CC[C@@](O)(c3nccs3)CC2)C1. The van der Waals surface area contributed by atoms with Crippen molar-refractivity contribution in [1.82, 2.24) is 20.5 Å². The van der Waals surface area contributed by atoms with Crippen molar-refractivity contribution >= 4 is 17.2 Å². The first kappa shape index (κ1) is 27.4. The molecule has 2 fully saturated rings. The Morgan fingerprint density at radius 2 is 1.84 bits per heavy atom. The van der Waals surface area contributed by atoms with Crippen LogP contribution in [0.25, 0.3) is 0 Å². The van der Waals surface area contributed by atoms with Gasteiger partial charge in [0.1, 0.15) is 10.6 Å². The maximum atomic E-state index is 13.3. The third kappa shape index (κ3) is 6.27. The normalized spacial score (nSPS) is 23.4. The first-order valence-electron chi connectivity index (χ1n) is 11.6. The van der Waals surface area contributed by atoms with E-state index in [9.17, 15) is 36.2 Å². The molecule has 0 atom stereocenters. The van der Waals surface area contributed by atoms with Gasteiger partial charge in [0.15, 0.2) is 0 Å². The highest BCUT2D eigenvalue weighted by molar-refractivity contribution is 7.09.